The molecule has 0 spiro atoms. The van der Waals surface area contributed by atoms with E-state index in [9.17, 15) is 38.0 Å². The van der Waals surface area contributed by atoms with Crippen LogP contribution in [0.3, 0.4) is 0 Å². The topological polar surface area (TPSA) is 101 Å². The van der Waals surface area contributed by atoms with Crippen LogP contribution in [0.25, 0.3) is 5.76 Å². The van der Waals surface area contributed by atoms with Gasteiger partial charge in [-0.3, -0.25) is 24.6 Å². The number of nitrogens with zero attached hydrogens (tertiary/aromatic N) is 2. The molecular weight excluding hydrogens is 453 g/mol. The third-order valence-corrected chi connectivity index (χ3v) is 5.34. The Labute approximate surface area is 190 Å². The lowest BCUT2D eigenvalue weighted by atomic mass is 9.94. The van der Waals surface area contributed by atoms with Crippen LogP contribution in [-0.4, -0.2) is 21.7 Å². The number of hydrogen-bond acceptors (Lipinski definition) is 5. The molecule has 1 aliphatic heterocycles. The van der Waals surface area contributed by atoms with Crippen molar-refractivity contribution in [2.45, 2.75) is 12.2 Å². The Bertz CT molecular complexity index is 1340. The number of carbonyl (C=O) groups is 2. The molecule has 0 radical (unpaired) electrons. The number of rotatable bonds is 4. The highest BCUT2D eigenvalue weighted by atomic mass is 19.4. The zero-order valence-corrected chi connectivity index (χ0v) is 17.2. The molecule has 10 heteroatoms. The maximum atomic E-state index is 13.3. The average molecular weight is 468 g/mol. The average Bonchev–Trinajstić information content (AvgIpc) is 3.09. The molecule has 1 N–H and O–H groups in total. The van der Waals surface area contributed by atoms with Gasteiger partial charge < -0.3 is 5.11 Å². The van der Waals surface area contributed by atoms with Crippen LogP contribution in [0, 0.1) is 10.1 Å². The highest BCUT2D eigenvalue weighted by molar-refractivity contribution is 6.51. The predicted octanol–water partition coefficient (Wildman–Crippen LogP) is 5.24. The van der Waals surface area contributed by atoms with E-state index >= 15 is 0 Å². The van der Waals surface area contributed by atoms with E-state index in [1.54, 1.807) is 18.2 Å². The Morgan fingerprint density at radius 3 is 2.26 bits per heavy atom. The molecule has 3 aromatic carbocycles. The molecule has 0 unspecified atom stereocenters. The molecule has 0 aromatic heterocycles. The maximum absolute atomic E-state index is 13.3. The number of aliphatic hydroxyl groups excluding tert-OH is 1. The summed E-state index contributed by atoms with van der Waals surface area (Å²) < 4.78 is 40.0. The number of nitro benzene ring substituents is 1. The molecule has 0 saturated carbocycles. The molecule has 1 amide bonds. The molecule has 3 aromatic rings. The molecule has 0 bridgehead atoms. The fraction of sp³-hybridized carbons (Fsp3) is 0.0833. The number of alkyl halides is 3. The number of aliphatic hydroxyl groups is 1. The van der Waals surface area contributed by atoms with Gasteiger partial charge in [-0.05, 0) is 23.8 Å². The van der Waals surface area contributed by atoms with E-state index in [1.165, 1.54) is 36.4 Å². The van der Waals surface area contributed by atoms with E-state index < -0.39 is 45.7 Å². The summed E-state index contributed by atoms with van der Waals surface area (Å²) in [4.78, 5) is 37.5. The van der Waals surface area contributed by atoms with E-state index in [1.807, 2.05) is 0 Å². The van der Waals surface area contributed by atoms with Crippen molar-refractivity contribution in [1.29, 1.82) is 0 Å². The van der Waals surface area contributed by atoms with Crippen molar-refractivity contribution in [2.24, 2.45) is 0 Å². The van der Waals surface area contributed by atoms with Crippen molar-refractivity contribution >= 4 is 28.8 Å². The Morgan fingerprint density at radius 2 is 1.62 bits per heavy atom. The van der Waals surface area contributed by atoms with Crippen LogP contribution in [0.15, 0.2) is 84.4 Å². The van der Waals surface area contributed by atoms with Crippen LogP contribution in [0.2, 0.25) is 0 Å². The van der Waals surface area contributed by atoms with Crippen molar-refractivity contribution in [1.82, 2.24) is 0 Å². The summed E-state index contributed by atoms with van der Waals surface area (Å²) in [5.41, 5.74) is -1.78. The highest BCUT2D eigenvalue weighted by Crippen LogP contribution is 2.43. The first kappa shape index (κ1) is 22.7. The van der Waals surface area contributed by atoms with Crippen molar-refractivity contribution in [3.63, 3.8) is 0 Å². The van der Waals surface area contributed by atoms with Gasteiger partial charge in [0.2, 0.25) is 0 Å². The van der Waals surface area contributed by atoms with E-state index in [2.05, 4.69) is 0 Å². The quantitative estimate of drug-likeness (QED) is 0.186. The summed E-state index contributed by atoms with van der Waals surface area (Å²) in [5, 5.41) is 22.2. The van der Waals surface area contributed by atoms with Crippen molar-refractivity contribution < 1.29 is 32.8 Å². The standard InChI is InChI=1S/C24H15F3N2O5/c25-24(26,27)16-9-5-10-17(13-16)28-20(15-8-4-11-18(12-15)29(33)34)19(22(31)23(28)32)21(30)14-6-2-1-3-7-14/h1-13,20,30H/b21-19+/t20-/m1/s1. The lowest BCUT2D eigenvalue weighted by Gasteiger charge is -2.26. The minimum absolute atomic E-state index is 0.0725. The second-order valence-electron chi connectivity index (χ2n) is 7.44. The zero-order valence-electron chi connectivity index (χ0n) is 17.2. The Balaban J connectivity index is 1.98. The number of non-ortho nitro benzene ring substituents is 1. The van der Waals surface area contributed by atoms with Crippen molar-refractivity contribution in [3.8, 4) is 0 Å². The summed E-state index contributed by atoms with van der Waals surface area (Å²) in [7, 11) is 0. The minimum atomic E-state index is -4.71. The van der Waals surface area contributed by atoms with Gasteiger partial charge in [0.25, 0.3) is 17.4 Å². The molecule has 1 atom stereocenters. The molecule has 0 aliphatic carbocycles. The number of ketones is 1. The number of amides is 1. The Morgan fingerprint density at radius 1 is 0.941 bits per heavy atom. The second kappa shape index (κ2) is 8.47. The molecule has 34 heavy (non-hydrogen) atoms. The van der Waals surface area contributed by atoms with E-state index in [0.717, 1.165) is 23.1 Å². The largest absolute Gasteiger partial charge is 0.507 e. The summed E-state index contributed by atoms with van der Waals surface area (Å²) in [5.74, 6) is -2.85. The first-order valence-electron chi connectivity index (χ1n) is 9.87. The third-order valence-electron chi connectivity index (χ3n) is 5.34. The number of Topliss-reactive ketones (excluding diaryl/α,β-unsaturated/α-hetero) is 1. The summed E-state index contributed by atoms with van der Waals surface area (Å²) >= 11 is 0. The van der Waals surface area contributed by atoms with Gasteiger partial charge in [-0.15, -0.1) is 0 Å². The molecule has 7 nitrogen and oxygen atoms in total. The third kappa shape index (κ3) is 4.01. The first-order chi connectivity index (χ1) is 16.1. The lowest BCUT2D eigenvalue weighted by Crippen LogP contribution is -2.29. The van der Waals surface area contributed by atoms with Crippen LogP contribution in [0.4, 0.5) is 24.5 Å². The van der Waals surface area contributed by atoms with Crippen LogP contribution in [0.5, 0.6) is 0 Å². The van der Waals surface area contributed by atoms with Crippen LogP contribution in [0.1, 0.15) is 22.7 Å². The second-order valence-corrected chi connectivity index (χ2v) is 7.44. The molecule has 1 aliphatic rings. The lowest BCUT2D eigenvalue weighted by molar-refractivity contribution is -0.384. The number of carbonyl (C=O) groups excluding carboxylic acids is 2. The summed E-state index contributed by atoms with van der Waals surface area (Å²) in [6, 6.07) is 15.2. The van der Waals surface area contributed by atoms with Gasteiger partial charge in [0.15, 0.2) is 0 Å². The van der Waals surface area contributed by atoms with E-state index in [-0.39, 0.29) is 22.5 Å². The number of anilines is 1. The number of nitro groups is 1. The molecule has 4 rings (SSSR count). The van der Waals surface area contributed by atoms with Crippen LogP contribution >= 0.6 is 0 Å². The fourth-order valence-electron chi connectivity index (χ4n) is 3.81. The van der Waals surface area contributed by atoms with E-state index in [0.29, 0.717) is 6.07 Å². The van der Waals surface area contributed by atoms with Gasteiger partial charge in [-0.25, -0.2) is 0 Å². The minimum Gasteiger partial charge on any atom is -0.507 e. The summed E-state index contributed by atoms with van der Waals surface area (Å²) in [6.45, 7) is 0. The zero-order chi connectivity index (χ0) is 24.6. The number of halogens is 3. The highest BCUT2D eigenvalue weighted by Gasteiger charge is 2.47. The Kier molecular flexibility index (Phi) is 5.66. The molecule has 1 heterocycles. The monoisotopic (exact) mass is 468 g/mol. The van der Waals surface area contributed by atoms with Crippen LogP contribution < -0.4 is 4.90 Å². The molecule has 1 fully saturated rings. The Hall–Kier alpha value is -4.47. The number of benzene rings is 3. The van der Waals surface area contributed by atoms with Gasteiger partial charge in [0.1, 0.15) is 5.76 Å². The van der Waals surface area contributed by atoms with Gasteiger partial charge in [0, 0.05) is 23.4 Å². The predicted molar refractivity (Wildman–Crippen MR) is 116 cm³/mol. The maximum Gasteiger partial charge on any atom is 0.416 e. The van der Waals surface area contributed by atoms with Gasteiger partial charge in [-0.1, -0.05) is 48.5 Å². The van der Waals surface area contributed by atoms with Crippen molar-refractivity contribution in [2.75, 3.05) is 4.90 Å². The SMILES string of the molecule is O=C1C(=O)N(c2cccc(C(F)(F)F)c2)[C@H](c2cccc([N+](=O)[O-])c2)/C1=C(\O)c1ccccc1. The fourth-order valence-corrected chi connectivity index (χ4v) is 3.81. The van der Waals surface area contributed by atoms with E-state index in [4.69, 9.17) is 0 Å². The van der Waals surface area contributed by atoms with Gasteiger partial charge in [0.05, 0.1) is 22.1 Å². The van der Waals surface area contributed by atoms with Crippen LogP contribution in [-0.2, 0) is 15.8 Å². The van der Waals surface area contributed by atoms with Gasteiger partial charge in [-0.2, -0.15) is 13.2 Å². The van der Waals surface area contributed by atoms with Crippen molar-refractivity contribution in [3.05, 3.63) is 111 Å². The molecule has 1 saturated heterocycles. The smallest absolute Gasteiger partial charge is 0.416 e. The molecule has 172 valence electrons. The van der Waals surface area contributed by atoms with Gasteiger partial charge >= 0.3 is 6.18 Å². The summed E-state index contributed by atoms with van der Waals surface area (Å²) in [6.07, 6.45) is -4.71. The number of hydrogen-bond donors (Lipinski definition) is 1. The first-order valence-corrected chi connectivity index (χ1v) is 9.87. The molecular formula is C24H15F3N2O5. The normalized spacial score (nSPS) is 17.7.